The summed E-state index contributed by atoms with van der Waals surface area (Å²) in [5, 5.41) is 25.1. The number of hydrogen-bond donors (Lipinski definition) is 1. The van der Waals surface area contributed by atoms with Gasteiger partial charge in [0.15, 0.2) is 0 Å². The van der Waals surface area contributed by atoms with Gasteiger partial charge < -0.3 is 10.1 Å². The highest BCUT2D eigenvalue weighted by Crippen LogP contribution is 2.24. The first-order chi connectivity index (χ1) is 12.7. The normalized spacial score (nSPS) is 16.2. The van der Waals surface area contributed by atoms with Crippen LogP contribution in [-0.4, -0.2) is 37.4 Å². The van der Waals surface area contributed by atoms with Gasteiger partial charge in [0, 0.05) is 26.3 Å². The van der Waals surface area contributed by atoms with Crippen LogP contribution in [0, 0.1) is 11.3 Å². The molecule has 3 heterocycles. The van der Waals surface area contributed by atoms with Crippen molar-refractivity contribution in [3.63, 3.8) is 0 Å². The number of aryl methyl sites for hydroxylation is 1. The van der Waals surface area contributed by atoms with Gasteiger partial charge in [-0.2, -0.15) is 10.4 Å². The lowest BCUT2D eigenvalue weighted by Gasteiger charge is -2.24. The van der Waals surface area contributed by atoms with Crippen molar-refractivity contribution < 1.29 is 4.74 Å². The third-order valence-corrected chi connectivity index (χ3v) is 4.49. The molecule has 0 bridgehead atoms. The van der Waals surface area contributed by atoms with E-state index in [4.69, 9.17) is 10.00 Å². The molecule has 1 aliphatic heterocycles. The Morgan fingerprint density at radius 3 is 3.12 bits per heavy atom. The van der Waals surface area contributed by atoms with Crippen molar-refractivity contribution >= 4 is 0 Å². The lowest BCUT2D eigenvalue weighted by atomic mass is 10.1. The largest absolute Gasteiger partial charge is 0.369 e. The molecule has 8 nitrogen and oxygen atoms in total. The molecular weight excluding hydrogens is 330 g/mol. The summed E-state index contributed by atoms with van der Waals surface area (Å²) < 4.78 is 9.68. The van der Waals surface area contributed by atoms with Crippen LogP contribution in [0.2, 0.25) is 0 Å². The maximum atomic E-state index is 8.96. The Labute approximate surface area is 151 Å². The number of hydrogen-bond acceptors (Lipinski definition) is 6. The van der Waals surface area contributed by atoms with Crippen molar-refractivity contribution in [2.24, 2.45) is 7.05 Å². The van der Waals surface area contributed by atoms with E-state index in [1.165, 1.54) is 0 Å². The SMILES string of the molecule is Cn1nccc1-c1nnn2c1COC(CNCc1cccc(C#N)c1)C2. The summed E-state index contributed by atoms with van der Waals surface area (Å²) in [6.07, 6.45) is 1.78. The van der Waals surface area contributed by atoms with Crippen LogP contribution >= 0.6 is 0 Å². The average Bonchev–Trinajstić information content (AvgIpc) is 3.27. The van der Waals surface area contributed by atoms with Gasteiger partial charge in [0.2, 0.25) is 0 Å². The number of benzene rings is 1. The highest BCUT2D eigenvalue weighted by molar-refractivity contribution is 5.56. The molecule has 0 saturated heterocycles. The van der Waals surface area contributed by atoms with Crippen LogP contribution in [0.3, 0.4) is 0 Å². The summed E-state index contributed by atoms with van der Waals surface area (Å²) in [6, 6.07) is 11.7. The summed E-state index contributed by atoms with van der Waals surface area (Å²) in [5.74, 6) is 0. The van der Waals surface area contributed by atoms with Crippen molar-refractivity contribution in [2.75, 3.05) is 6.54 Å². The Bertz CT molecular complexity index is 953. The molecule has 0 spiro atoms. The Hall–Kier alpha value is -3.02. The number of nitriles is 1. The van der Waals surface area contributed by atoms with Crippen LogP contribution < -0.4 is 5.32 Å². The van der Waals surface area contributed by atoms with Crippen molar-refractivity contribution in [1.29, 1.82) is 5.26 Å². The van der Waals surface area contributed by atoms with E-state index < -0.39 is 0 Å². The molecule has 2 aromatic heterocycles. The second kappa shape index (κ2) is 7.07. The molecule has 0 radical (unpaired) electrons. The summed E-state index contributed by atoms with van der Waals surface area (Å²) in [5.41, 5.74) is 4.49. The lowest BCUT2D eigenvalue weighted by Crippen LogP contribution is -2.36. The zero-order valence-electron chi connectivity index (χ0n) is 14.5. The lowest BCUT2D eigenvalue weighted by molar-refractivity contribution is 0.00123. The molecule has 1 aromatic carbocycles. The van der Waals surface area contributed by atoms with E-state index in [0.29, 0.717) is 31.8 Å². The molecule has 1 aliphatic rings. The number of fused-ring (bicyclic) bond motifs is 1. The summed E-state index contributed by atoms with van der Waals surface area (Å²) in [6.45, 7) is 2.53. The smallest absolute Gasteiger partial charge is 0.136 e. The van der Waals surface area contributed by atoms with Gasteiger partial charge in [0.05, 0.1) is 42.3 Å². The second-order valence-corrected chi connectivity index (χ2v) is 6.28. The standard InChI is InChI=1S/C18H19N7O/c1-24-16(5-6-21-24)18-17-12-26-15(11-25(17)23-22-18)10-20-9-14-4-2-3-13(7-14)8-19/h2-7,15,20H,9-12H2,1H3. The number of aromatic nitrogens is 5. The molecule has 1 unspecified atom stereocenters. The molecule has 8 heteroatoms. The highest BCUT2D eigenvalue weighted by atomic mass is 16.5. The van der Waals surface area contributed by atoms with Crippen LogP contribution in [0.5, 0.6) is 0 Å². The van der Waals surface area contributed by atoms with E-state index in [2.05, 4.69) is 26.8 Å². The van der Waals surface area contributed by atoms with Gasteiger partial charge in [-0.15, -0.1) is 5.10 Å². The zero-order valence-corrected chi connectivity index (χ0v) is 14.5. The van der Waals surface area contributed by atoms with Crippen molar-refractivity contribution in [3.8, 4) is 17.5 Å². The number of rotatable bonds is 5. The maximum Gasteiger partial charge on any atom is 0.136 e. The predicted molar refractivity (Wildman–Crippen MR) is 93.7 cm³/mol. The molecule has 26 heavy (non-hydrogen) atoms. The highest BCUT2D eigenvalue weighted by Gasteiger charge is 2.25. The minimum Gasteiger partial charge on any atom is -0.369 e. The average molecular weight is 349 g/mol. The molecule has 1 atom stereocenters. The Kier molecular flexibility index (Phi) is 4.48. The summed E-state index contributed by atoms with van der Waals surface area (Å²) in [7, 11) is 1.89. The number of nitrogens with one attached hydrogen (secondary N) is 1. The first-order valence-corrected chi connectivity index (χ1v) is 8.46. The number of ether oxygens (including phenoxy) is 1. The molecule has 0 aliphatic carbocycles. The van der Waals surface area contributed by atoms with E-state index in [0.717, 1.165) is 22.6 Å². The van der Waals surface area contributed by atoms with Crippen molar-refractivity contribution in [2.45, 2.75) is 25.8 Å². The predicted octanol–water partition coefficient (Wildman–Crippen LogP) is 1.24. The Morgan fingerprint density at radius 1 is 1.38 bits per heavy atom. The molecular formula is C18H19N7O. The minimum atomic E-state index is 0.0303. The fourth-order valence-electron chi connectivity index (χ4n) is 3.12. The first-order valence-electron chi connectivity index (χ1n) is 8.46. The molecule has 0 amide bonds. The van der Waals surface area contributed by atoms with Crippen LogP contribution in [-0.2, 0) is 31.5 Å². The van der Waals surface area contributed by atoms with Gasteiger partial charge in [0.25, 0.3) is 0 Å². The first kappa shape index (κ1) is 16.4. The topological polar surface area (TPSA) is 93.6 Å². The molecule has 4 rings (SSSR count). The van der Waals surface area contributed by atoms with Crippen molar-refractivity contribution in [3.05, 3.63) is 53.3 Å². The number of nitrogens with zero attached hydrogens (tertiary/aromatic N) is 6. The summed E-state index contributed by atoms with van der Waals surface area (Å²) >= 11 is 0. The Morgan fingerprint density at radius 2 is 2.31 bits per heavy atom. The van der Waals surface area contributed by atoms with Gasteiger partial charge >= 0.3 is 0 Å². The fourth-order valence-corrected chi connectivity index (χ4v) is 3.12. The van der Waals surface area contributed by atoms with E-state index in [-0.39, 0.29) is 6.10 Å². The van der Waals surface area contributed by atoms with Crippen LogP contribution in [0.4, 0.5) is 0 Å². The van der Waals surface area contributed by atoms with E-state index >= 15 is 0 Å². The maximum absolute atomic E-state index is 8.96. The van der Waals surface area contributed by atoms with Crippen LogP contribution in [0.25, 0.3) is 11.4 Å². The van der Waals surface area contributed by atoms with Gasteiger partial charge in [-0.1, -0.05) is 17.3 Å². The molecule has 132 valence electrons. The quantitative estimate of drug-likeness (QED) is 0.745. The van der Waals surface area contributed by atoms with Gasteiger partial charge in [-0.05, 0) is 23.8 Å². The van der Waals surface area contributed by atoms with Crippen LogP contribution in [0.15, 0.2) is 36.5 Å². The van der Waals surface area contributed by atoms with E-state index in [1.807, 2.05) is 36.0 Å². The second-order valence-electron chi connectivity index (χ2n) is 6.28. The Balaban J connectivity index is 1.37. The van der Waals surface area contributed by atoms with Gasteiger partial charge in [-0.25, -0.2) is 4.68 Å². The third-order valence-electron chi connectivity index (χ3n) is 4.49. The van der Waals surface area contributed by atoms with Gasteiger partial charge in [0.1, 0.15) is 5.69 Å². The fraction of sp³-hybridized carbons (Fsp3) is 0.333. The van der Waals surface area contributed by atoms with E-state index in [1.54, 1.807) is 16.9 Å². The monoisotopic (exact) mass is 349 g/mol. The zero-order chi connectivity index (χ0) is 17.9. The minimum absolute atomic E-state index is 0.0303. The molecule has 1 N–H and O–H groups in total. The van der Waals surface area contributed by atoms with E-state index in [9.17, 15) is 0 Å². The molecule has 3 aromatic rings. The van der Waals surface area contributed by atoms with Crippen LogP contribution in [0.1, 0.15) is 16.8 Å². The van der Waals surface area contributed by atoms with Gasteiger partial charge in [-0.3, -0.25) is 4.68 Å². The molecule has 0 fully saturated rings. The third kappa shape index (κ3) is 3.22. The summed E-state index contributed by atoms with van der Waals surface area (Å²) in [4.78, 5) is 0. The molecule has 0 saturated carbocycles. The van der Waals surface area contributed by atoms with Crippen molar-refractivity contribution in [1.82, 2.24) is 30.1 Å².